The highest BCUT2D eigenvalue weighted by molar-refractivity contribution is 7.99. The van der Waals surface area contributed by atoms with Gasteiger partial charge < -0.3 is 20.1 Å². The second-order valence-electron chi connectivity index (χ2n) is 7.21. The Morgan fingerprint density at radius 3 is 2.50 bits per heavy atom. The number of thiazole rings is 1. The van der Waals surface area contributed by atoms with E-state index in [-0.39, 0.29) is 30.7 Å². The van der Waals surface area contributed by atoms with Crippen LogP contribution in [0.5, 0.6) is 11.5 Å². The van der Waals surface area contributed by atoms with Gasteiger partial charge >= 0.3 is 0 Å². The molecule has 2 aromatic heterocycles. The van der Waals surface area contributed by atoms with Gasteiger partial charge in [-0.15, -0.1) is 21.5 Å². The zero-order valence-electron chi connectivity index (χ0n) is 19.4. The van der Waals surface area contributed by atoms with Crippen molar-refractivity contribution in [1.29, 1.82) is 0 Å². The molecule has 0 saturated carbocycles. The van der Waals surface area contributed by atoms with Gasteiger partial charge in [0, 0.05) is 17.3 Å². The third-order valence-electron chi connectivity index (χ3n) is 4.67. The first-order valence-corrected chi connectivity index (χ1v) is 12.9. The molecular weight excluding hydrogens is 500 g/mol. The van der Waals surface area contributed by atoms with Gasteiger partial charge in [-0.3, -0.25) is 14.2 Å². The van der Waals surface area contributed by atoms with E-state index in [1.54, 1.807) is 28.3 Å². The van der Waals surface area contributed by atoms with Gasteiger partial charge in [0.2, 0.25) is 5.91 Å². The number of nitrogens with zero attached hydrogens (tertiary/aromatic N) is 4. The molecule has 2 amide bonds. The minimum Gasteiger partial charge on any atom is -0.494 e. The third kappa shape index (κ3) is 7.06. The van der Waals surface area contributed by atoms with Crippen LogP contribution < -0.4 is 20.1 Å². The van der Waals surface area contributed by atoms with Crippen LogP contribution in [0.15, 0.2) is 71.3 Å². The van der Waals surface area contributed by atoms with Crippen molar-refractivity contribution >= 4 is 40.0 Å². The van der Waals surface area contributed by atoms with E-state index in [9.17, 15) is 9.59 Å². The van der Waals surface area contributed by atoms with E-state index >= 15 is 0 Å². The zero-order chi connectivity index (χ0) is 25.2. The van der Waals surface area contributed by atoms with Crippen LogP contribution in [-0.2, 0) is 16.1 Å². The number of hydrogen-bond acceptors (Lipinski definition) is 9. The van der Waals surface area contributed by atoms with Crippen LogP contribution in [0.2, 0.25) is 0 Å². The number of carbonyl (C=O) groups is 2. The Hall–Kier alpha value is -3.90. The minimum atomic E-state index is -0.294. The fraction of sp³-hybridized carbons (Fsp3) is 0.208. The lowest BCUT2D eigenvalue weighted by atomic mass is 10.3. The van der Waals surface area contributed by atoms with Crippen LogP contribution in [0.3, 0.4) is 0 Å². The molecule has 0 spiro atoms. The number of aromatic nitrogens is 4. The lowest BCUT2D eigenvalue weighted by Gasteiger charge is -2.12. The lowest BCUT2D eigenvalue weighted by molar-refractivity contribution is -0.123. The van der Waals surface area contributed by atoms with Gasteiger partial charge in [-0.25, -0.2) is 4.98 Å². The Balaban J connectivity index is 1.44. The van der Waals surface area contributed by atoms with E-state index in [1.165, 1.54) is 23.1 Å². The Morgan fingerprint density at radius 2 is 1.78 bits per heavy atom. The second-order valence-corrected chi connectivity index (χ2v) is 9.05. The van der Waals surface area contributed by atoms with Crippen molar-refractivity contribution in [3.63, 3.8) is 0 Å². The van der Waals surface area contributed by atoms with Crippen molar-refractivity contribution in [3.05, 3.63) is 72.0 Å². The Kier molecular flexibility index (Phi) is 8.89. The highest BCUT2D eigenvalue weighted by Crippen LogP contribution is 2.24. The highest BCUT2D eigenvalue weighted by atomic mass is 32.2. The van der Waals surface area contributed by atoms with Crippen molar-refractivity contribution in [2.45, 2.75) is 18.6 Å². The molecule has 0 bridgehead atoms. The molecule has 4 aromatic rings. The summed E-state index contributed by atoms with van der Waals surface area (Å²) in [5, 5.41) is 16.9. The third-order valence-corrected chi connectivity index (χ3v) is 6.29. The van der Waals surface area contributed by atoms with E-state index < -0.39 is 0 Å². The van der Waals surface area contributed by atoms with Crippen molar-refractivity contribution < 1.29 is 19.1 Å². The molecule has 0 aliphatic heterocycles. The van der Waals surface area contributed by atoms with Gasteiger partial charge in [0.25, 0.3) is 5.91 Å². The van der Waals surface area contributed by atoms with E-state index in [1.807, 2.05) is 49.4 Å². The molecule has 2 heterocycles. The highest BCUT2D eigenvalue weighted by Gasteiger charge is 2.17. The summed E-state index contributed by atoms with van der Waals surface area (Å²) < 4.78 is 12.8. The van der Waals surface area contributed by atoms with Gasteiger partial charge in [-0.05, 0) is 43.3 Å². The number of anilines is 1. The van der Waals surface area contributed by atoms with Crippen LogP contribution in [0, 0.1) is 0 Å². The number of para-hydroxylation sites is 1. The molecule has 0 aliphatic rings. The van der Waals surface area contributed by atoms with Crippen LogP contribution >= 0.6 is 23.1 Å². The Bertz CT molecular complexity index is 1260. The van der Waals surface area contributed by atoms with Gasteiger partial charge in [0.05, 0.1) is 18.9 Å². The topological polar surface area (TPSA) is 120 Å². The summed E-state index contributed by atoms with van der Waals surface area (Å²) in [6.07, 6.45) is 1.63. The summed E-state index contributed by atoms with van der Waals surface area (Å²) in [4.78, 5) is 28.8. The van der Waals surface area contributed by atoms with Gasteiger partial charge in [0.15, 0.2) is 22.7 Å². The number of amides is 2. The maximum absolute atomic E-state index is 12.4. The Labute approximate surface area is 216 Å². The number of ether oxygens (including phenoxy) is 2. The average Bonchev–Trinajstić information content (AvgIpc) is 3.56. The van der Waals surface area contributed by atoms with Gasteiger partial charge in [-0.1, -0.05) is 30.0 Å². The molecule has 0 fully saturated rings. The second kappa shape index (κ2) is 12.7. The molecular formula is C24H24N6O4S2. The smallest absolute Gasteiger partial charge is 0.258 e. The number of carbonyl (C=O) groups excluding carboxylic acids is 2. The number of benzene rings is 2. The summed E-state index contributed by atoms with van der Waals surface area (Å²) in [6.45, 7) is 2.48. The summed E-state index contributed by atoms with van der Waals surface area (Å²) in [5.41, 5.74) is 0.774. The molecule has 2 N–H and O–H groups in total. The van der Waals surface area contributed by atoms with Crippen LogP contribution in [-0.4, -0.2) is 50.5 Å². The van der Waals surface area contributed by atoms with Crippen LogP contribution in [0.25, 0.3) is 5.69 Å². The van der Waals surface area contributed by atoms with Crippen molar-refractivity contribution in [3.8, 4) is 17.2 Å². The maximum Gasteiger partial charge on any atom is 0.258 e. The normalized spacial score (nSPS) is 10.6. The Morgan fingerprint density at radius 1 is 1.00 bits per heavy atom. The van der Waals surface area contributed by atoms with Crippen molar-refractivity contribution in [1.82, 2.24) is 25.1 Å². The molecule has 12 heteroatoms. The molecule has 0 unspecified atom stereocenters. The molecule has 0 atom stereocenters. The molecule has 2 aromatic carbocycles. The fourth-order valence-corrected chi connectivity index (χ4v) is 4.41. The van der Waals surface area contributed by atoms with E-state index in [2.05, 4.69) is 25.8 Å². The summed E-state index contributed by atoms with van der Waals surface area (Å²) in [7, 11) is 0. The number of nitrogens with one attached hydrogen (secondary N) is 2. The molecule has 0 saturated heterocycles. The standard InChI is InChI=1S/C24H24N6O4S2/c1-2-33-19-10-8-17(9-11-19)30-20(14-26-21(31)15-34-18-6-4-3-5-7-18)28-29-24(30)36-16-22(32)27-23-25-12-13-35-23/h3-13H,2,14-16H2,1H3,(H,26,31)(H,25,27,32). The van der Waals surface area contributed by atoms with Gasteiger partial charge in [0.1, 0.15) is 11.5 Å². The number of rotatable bonds is 12. The number of hydrogen-bond donors (Lipinski definition) is 2. The summed E-state index contributed by atoms with van der Waals surface area (Å²) >= 11 is 2.58. The first-order valence-electron chi connectivity index (χ1n) is 11.1. The van der Waals surface area contributed by atoms with E-state index in [4.69, 9.17) is 9.47 Å². The van der Waals surface area contributed by atoms with Crippen LogP contribution in [0.4, 0.5) is 5.13 Å². The largest absolute Gasteiger partial charge is 0.494 e. The maximum atomic E-state index is 12.4. The summed E-state index contributed by atoms with van der Waals surface area (Å²) in [5.74, 6) is 1.47. The quantitative estimate of drug-likeness (QED) is 0.270. The van der Waals surface area contributed by atoms with Crippen molar-refractivity contribution in [2.75, 3.05) is 24.3 Å². The van der Waals surface area contributed by atoms with Crippen LogP contribution in [0.1, 0.15) is 12.7 Å². The zero-order valence-corrected chi connectivity index (χ0v) is 21.1. The van der Waals surface area contributed by atoms with E-state index in [0.717, 1.165) is 11.4 Å². The molecule has 0 aliphatic carbocycles. The fourth-order valence-electron chi connectivity index (χ4n) is 3.09. The molecule has 36 heavy (non-hydrogen) atoms. The average molecular weight is 525 g/mol. The predicted molar refractivity (Wildman–Crippen MR) is 138 cm³/mol. The molecule has 4 rings (SSSR count). The van der Waals surface area contributed by atoms with Gasteiger partial charge in [-0.2, -0.15) is 0 Å². The monoisotopic (exact) mass is 524 g/mol. The predicted octanol–water partition coefficient (Wildman–Crippen LogP) is 3.55. The first-order chi connectivity index (χ1) is 17.6. The SMILES string of the molecule is CCOc1ccc(-n2c(CNC(=O)COc3ccccc3)nnc2SCC(=O)Nc2nccs2)cc1. The molecule has 10 nitrogen and oxygen atoms in total. The first kappa shape index (κ1) is 25.2. The van der Waals surface area contributed by atoms with E-state index in [0.29, 0.717) is 28.5 Å². The number of thioether (sulfide) groups is 1. The summed E-state index contributed by atoms with van der Waals surface area (Å²) in [6, 6.07) is 16.5. The minimum absolute atomic E-state index is 0.117. The van der Waals surface area contributed by atoms with Crippen molar-refractivity contribution in [2.24, 2.45) is 0 Å². The molecule has 0 radical (unpaired) electrons. The lowest BCUT2D eigenvalue weighted by Crippen LogP contribution is -2.29. The molecule has 186 valence electrons.